The van der Waals surface area contributed by atoms with Crippen molar-refractivity contribution in [1.29, 1.82) is 0 Å². The number of nitrogens with one attached hydrogen (secondary N) is 2. The first-order chi connectivity index (χ1) is 14.5. The molecular formula is C21H24N6O2S. The maximum atomic E-state index is 12.9. The lowest BCUT2D eigenvalue weighted by atomic mass is 9.94. The molecular weight excluding hydrogens is 400 g/mol. The third kappa shape index (κ3) is 5.19. The molecule has 30 heavy (non-hydrogen) atoms. The number of benzene rings is 2. The molecule has 0 saturated heterocycles. The molecule has 2 amide bonds. The van der Waals surface area contributed by atoms with Gasteiger partial charge in [-0.25, -0.2) is 0 Å². The molecule has 2 aromatic rings. The number of amidine groups is 1. The summed E-state index contributed by atoms with van der Waals surface area (Å²) in [5.74, 6) is -0.998. The molecule has 9 heteroatoms. The van der Waals surface area contributed by atoms with Crippen molar-refractivity contribution >= 4 is 40.8 Å². The molecule has 3 rings (SSSR count). The van der Waals surface area contributed by atoms with E-state index in [0.717, 1.165) is 5.56 Å². The predicted octanol–water partition coefficient (Wildman–Crippen LogP) is 1.71. The molecule has 8 nitrogen and oxygen atoms in total. The van der Waals surface area contributed by atoms with Gasteiger partial charge < -0.3 is 27.8 Å². The Bertz CT molecular complexity index is 969. The Morgan fingerprint density at radius 3 is 2.63 bits per heavy atom. The second-order valence-electron chi connectivity index (χ2n) is 6.65. The third-order valence-corrected chi connectivity index (χ3v) is 5.46. The second kappa shape index (κ2) is 9.95. The topological polar surface area (TPSA) is 149 Å². The van der Waals surface area contributed by atoms with Crippen LogP contribution in [0.15, 0.2) is 65.1 Å². The van der Waals surface area contributed by atoms with Gasteiger partial charge in [0.05, 0.1) is 5.92 Å². The van der Waals surface area contributed by atoms with E-state index in [1.807, 2.05) is 30.3 Å². The fourth-order valence-corrected chi connectivity index (χ4v) is 3.68. The van der Waals surface area contributed by atoms with Crippen molar-refractivity contribution in [3.63, 3.8) is 0 Å². The predicted molar refractivity (Wildman–Crippen MR) is 122 cm³/mol. The molecule has 1 aliphatic rings. The van der Waals surface area contributed by atoms with Crippen LogP contribution in [0.25, 0.3) is 0 Å². The van der Waals surface area contributed by atoms with Crippen LogP contribution >= 0.6 is 11.8 Å². The van der Waals surface area contributed by atoms with Crippen LogP contribution in [0, 0.1) is 0 Å². The minimum Gasteiger partial charge on any atom is -0.398 e. The number of carbonyl (C=O) groups is 2. The van der Waals surface area contributed by atoms with E-state index in [9.17, 15) is 9.59 Å². The van der Waals surface area contributed by atoms with E-state index in [1.54, 1.807) is 29.8 Å². The van der Waals surface area contributed by atoms with Gasteiger partial charge in [0.2, 0.25) is 5.91 Å². The Kier molecular flexibility index (Phi) is 7.10. The Hall–Kier alpha value is -3.30. The molecule has 1 heterocycles. The third-order valence-electron chi connectivity index (χ3n) is 4.56. The first-order valence-corrected chi connectivity index (χ1v) is 10.3. The fourth-order valence-electron chi connectivity index (χ4n) is 3.04. The van der Waals surface area contributed by atoms with E-state index in [-0.39, 0.29) is 17.7 Å². The molecule has 1 unspecified atom stereocenters. The van der Waals surface area contributed by atoms with Crippen molar-refractivity contribution in [2.75, 3.05) is 17.6 Å². The van der Waals surface area contributed by atoms with Crippen molar-refractivity contribution in [1.82, 2.24) is 5.32 Å². The number of nitrogen functional groups attached to an aromatic ring is 1. The van der Waals surface area contributed by atoms with Crippen LogP contribution in [0.3, 0.4) is 0 Å². The monoisotopic (exact) mass is 424 g/mol. The van der Waals surface area contributed by atoms with Crippen LogP contribution in [0.1, 0.15) is 23.5 Å². The number of anilines is 2. The first-order valence-electron chi connectivity index (χ1n) is 9.40. The summed E-state index contributed by atoms with van der Waals surface area (Å²) in [5.41, 5.74) is 19.9. The highest BCUT2D eigenvalue weighted by Gasteiger charge is 2.22. The zero-order chi connectivity index (χ0) is 21.5. The Labute approximate surface area is 179 Å². The fraction of sp³-hybridized carbons (Fsp3) is 0.190. The molecule has 0 radical (unpaired) electrons. The maximum Gasteiger partial charge on any atom is 0.280 e. The summed E-state index contributed by atoms with van der Waals surface area (Å²) in [7, 11) is 0. The number of aliphatic imine (C=N–C) groups is 1. The number of nitrogens with two attached hydrogens (primary N) is 3. The van der Waals surface area contributed by atoms with Crippen molar-refractivity contribution in [2.45, 2.75) is 17.7 Å². The quantitative estimate of drug-likeness (QED) is 0.258. The highest BCUT2D eigenvalue weighted by molar-refractivity contribution is 8.03. The summed E-state index contributed by atoms with van der Waals surface area (Å²) in [4.78, 5) is 29.0. The molecule has 8 N–H and O–H groups in total. The van der Waals surface area contributed by atoms with Gasteiger partial charge >= 0.3 is 0 Å². The zero-order valence-corrected chi connectivity index (χ0v) is 17.1. The van der Waals surface area contributed by atoms with Crippen molar-refractivity contribution in [3.8, 4) is 0 Å². The molecule has 0 bridgehead atoms. The number of hydrogen-bond acceptors (Lipinski definition) is 6. The highest BCUT2D eigenvalue weighted by Crippen LogP contribution is 2.24. The average molecular weight is 425 g/mol. The summed E-state index contributed by atoms with van der Waals surface area (Å²) in [6, 6.07) is 14.4. The van der Waals surface area contributed by atoms with E-state index in [4.69, 9.17) is 17.2 Å². The number of thioether (sulfide) groups is 1. The van der Waals surface area contributed by atoms with Gasteiger partial charge in [0.15, 0.2) is 5.37 Å². The van der Waals surface area contributed by atoms with Gasteiger partial charge in [0, 0.05) is 23.1 Å². The maximum absolute atomic E-state index is 12.9. The van der Waals surface area contributed by atoms with Crippen molar-refractivity contribution < 1.29 is 9.59 Å². The highest BCUT2D eigenvalue weighted by atomic mass is 32.2. The van der Waals surface area contributed by atoms with Gasteiger partial charge in [0.25, 0.3) is 5.91 Å². The van der Waals surface area contributed by atoms with E-state index in [0.29, 0.717) is 29.9 Å². The number of carbonyl (C=O) groups excluding carboxylic acids is 2. The molecule has 1 aliphatic heterocycles. The lowest BCUT2D eigenvalue weighted by Gasteiger charge is -2.17. The van der Waals surface area contributed by atoms with Crippen LogP contribution in [-0.4, -0.2) is 29.6 Å². The number of rotatable bonds is 7. The van der Waals surface area contributed by atoms with Crippen molar-refractivity contribution in [2.24, 2.45) is 16.5 Å². The van der Waals surface area contributed by atoms with E-state index in [1.165, 1.54) is 11.8 Å². The lowest BCUT2D eigenvalue weighted by Crippen LogP contribution is -2.28. The molecule has 0 aliphatic carbocycles. The summed E-state index contributed by atoms with van der Waals surface area (Å²) < 4.78 is 0. The van der Waals surface area contributed by atoms with E-state index in [2.05, 4.69) is 15.6 Å². The Balaban J connectivity index is 1.78. The van der Waals surface area contributed by atoms with Crippen LogP contribution in [0.4, 0.5) is 11.4 Å². The molecule has 156 valence electrons. The Morgan fingerprint density at radius 2 is 1.97 bits per heavy atom. The number of nitrogens with zero attached hydrogens (tertiary/aromatic N) is 1. The number of amides is 2. The molecule has 0 spiro atoms. The van der Waals surface area contributed by atoms with Crippen LogP contribution in [0.2, 0.25) is 0 Å². The van der Waals surface area contributed by atoms with Crippen molar-refractivity contribution in [3.05, 3.63) is 71.3 Å². The molecule has 0 aromatic heterocycles. The largest absolute Gasteiger partial charge is 0.398 e. The van der Waals surface area contributed by atoms with Gasteiger partial charge in [-0.3, -0.25) is 9.59 Å². The Morgan fingerprint density at radius 1 is 1.20 bits per heavy atom. The lowest BCUT2D eigenvalue weighted by molar-refractivity contribution is -0.118. The minimum absolute atomic E-state index is 0.00975. The first kappa shape index (κ1) is 21.4. The standard InChI is InChI=1S/C21H24N6O2S/c22-9-8-15(13-4-2-1-3-5-13)19(28)26-14-6-7-17(23)16(12-14)18(24)27-20(29)21-25-10-11-30-21/h1-7,10-12,15,21,25H,8-9,22-23H2,(H,26,28)(H2,24,27,29)/t15?,21-/m0/s1. The summed E-state index contributed by atoms with van der Waals surface area (Å²) >= 11 is 1.31. The van der Waals surface area contributed by atoms with Crippen LogP contribution < -0.4 is 27.8 Å². The van der Waals surface area contributed by atoms with Gasteiger partial charge in [-0.1, -0.05) is 42.1 Å². The van der Waals surface area contributed by atoms with Gasteiger partial charge in [0.1, 0.15) is 5.84 Å². The normalized spacial score (nSPS) is 16.7. The zero-order valence-electron chi connectivity index (χ0n) is 16.2. The molecule has 2 atom stereocenters. The van der Waals surface area contributed by atoms with E-state index < -0.39 is 11.3 Å². The molecule has 0 fully saturated rings. The van der Waals surface area contributed by atoms with Crippen LogP contribution in [-0.2, 0) is 9.59 Å². The van der Waals surface area contributed by atoms with Crippen LogP contribution in [0.5, 0.6) is 0 Å². The van der Waals surface area contributed by atoms with E-state index >= 15 is 0 Å². The number of hydrogen-bond donors (Lipinski definition) is 5. The molecule has 2 aromatic carbocycles. The SMILES string of the molecule is NCCC(C(=O)Nc1ccc(N)c(C(N)=NC(=O)[C@H]2NC=CS2)c1)c1ccccc1. The minimum atomic E-state index is -0.504. The van der Waals surface area contributed by atoms with Gasteiger partial charge in [-0.05, 0) is 42.1 Å². The molecule has 0 saturated carbocycles. The smallest absolute Gasteiger partial charge is 0.280 e. The second-order valence-corrected chi connectivity index (χ2v) is 7.67. The summed E-state index contributed by atoms with van der Waals surface area (Å²) in [6.07, 6.45) is 2.18. The summed E-state index contributed by atoms with van der Waals surface area (Å²) in [6.45, 7) is 0.379. The average Bonchev–Trinajstić information content (AvgIpc) is 3.29. The summed E-state index contributed by atoms with van der Waals surface area (Å²) in [5, 5.41) is 7.02. The van der Waals surface area contributed by atoms with Gasteiger partial charge in [-0.15, -0.1) is 0 Å². The van der Waals surface area contributed by atoms with Gasteiger partial charge in [-0.2, -0.15) is 4.99 Å².